The van der Waals surface area contributed by atoms with Crippen molar-refractivity contribution in [2.24, 2.45) is 34.0 Å². The Hall–Kier alpha value is -2.83. The van der Waals surface area contributed by atoms with Gasteiger partial charge in [-0.3, -0.25) is 4.79 Å². The van der Waals surface area contributed by atoms with E-state index < -0.39 is 17.5 Å². The Kier molecular flexibility index (Phi) is 8.15. The first-order chi connectivity index (χ1) is 20.9. The fraction of sp³-hybridized carbons (Fsp3) is 0.528. The standard InChI is InChI=1S/C36H40Cl2O6/c1-21-18-36-19-25(21)9-14-28(36)34(3)16-15-30(43-32(40)23-5-10-26(37)11-6-23)35(4,20-42-22(2)39)29(34)17-31(36)44-33(41)24-7-12-27(38)13-8-24/h5-8,10-13,25,28-31H,1,9,14-20H2,2-4H3/t25-,28-,29?,30+,31-,34-,35+,36-/m0/s1. The van der Waals surface area contributed by atoms with Crippen molar-refractivity contribution in [3.05, 3.63) is 81.9 Å². The van der Waals surface area contributed by atoms with Crippen LogP contribution in [-0.2, 0) is 19.0 Å². The maximum Gasteiger partial charge on any atom is 0.338 e. The number of halogens is 2. The Balaban J connectivity index is 1.37. The molecule has 234 valence electrons. The zero-order chi connectivity index (χ0) is 31.4. The molecule has 0 radical (unpaired) electrons. The molecule has 6 nitrogen and oxygen atoms in total. The van der Waals surface area contributed by atoms with Crippen molar-refractivity contribution >= 4 is 41.1 Å². The van der Waals surface area contributed by atoms with Crippen LogP contribution in [0.2, 0.25) is 10.0 Å². The summed E-state index contributed by atoms with van der Waals surface area (Å²) in [5.74, 6) is -0.521. The third-order valence-electron chi connectivity index (χ3n) is 11.7. The molecule has 0 heterocycles. The van der Waals surface area contributed by atoms with Crippen LogP contribution >= 0.6 is 23.2 Å². The van der Waals surface area contributed by atoms with E-state index in [2.05, 4.69) is 20.4 Å². The van der Waals surface area contributed by atoms with Gasteiger partial charge in [0.1, 0.15) is 18.8 Å². The Morgan fingerprint density at radius 1 is 0.841 bits per heavy atom. The van der Waals surface area contributed by atoms with Gasteiger partial charge in [0.05, 0.1) is 11.1 Å². The van der Waals surface area contributed by atoms with Crippen molar-refractivity contribution in [3.63, 3.8) is 0 Å². The molecule has 0 saturated heterocycles. The fourth-order valence-corrected chi connectivity index (χ4v) is 9.88. The first-order valence-corrected chi connectivity index (χ1v) is 16.4. The number of allylic oxidation sites excluding steroid dienone is 1. The van der Waals surface area contributed by atoms with Crippen LogP contribution in [-0.4, -0.2) is 36.7 Å². The summed E-state index contributed by atoms with van der Waals surface area (Å²) >= 11 is 12.2. The minimum Gasteiger partial charge on any atom is -0.465 e. The molecule has 8 atom stereocenters. The number of carbonyl (C=O) groups is 3. The molecule has 1 spiro atoms. The van der Waals surface area contributed by atoms with Gasteiger partial charge in [-0.2, -0.15) is 0 Å². The number of fused-ring (bicyclic) bond motifs is 3. The molecular formula is C36H40Cl2O6. The highest BCUT2D eigenvalue weighted by Crippen LogP contribution is 2.73. The number of rotatable bonds is 6. The van der Waals surface area contributed by atoms with E-state index in [4.69, 9.17) is 37.4 Å². The van der Waals surface area contributed by atoms with Gasteiger partial charge in [-0.1, -0.05) is 49.2 Å². The van der Waals surface area contributed by atoms with Crippen LogP contribution in [0.4, 0.5) is 0 Å². The molecule has 0 aromatic heterocycles. The summed E-state index contributed by atoms with van der Waals surface area (Å²) in [5, 5.41) is 1.09. The van der Waals surface area contributed by atoms with Gasteiger partial charge in [0, 0.05) is 27.8 Å². The monoisotopic (exact) mass is 638 g/mol. The summed E-state index contributed by atoms with van der Waals surface area (Å²) in [4.78, 5) is 39.2. The van der Waals surface area contributed by atoms with E-state index in [1.807, 2.05) is 0 Å². The maximum absolute atomic E-state index is 13.6. The second kappa shape index (κ2) is 11.5. The lowest BCUT2D eigenvalue weighted by Gasteiger charge is -2.66. The van der Waals surface area contributed by atoms with E-state index in [1.54, 1.807) is 48.5 Å². The highest BCUT2D eigenvalue weighted by Gasteiger charge is 2.70. The second-order valence-corrected chi connectivity index (χ2v) is 14.9. The number of esters is 3. The van der Waals surface area contributed by atoms with Gasteiger partial charge in [-0.25, -0.2) is 9.59 Å². The average Bonchev–Trinajstić information content (AvgIpc) is 3.23. The van der Waals surface area contributed by atoms with Crippen molar-refractivity contribution in [1.82, 2.24) is 0 Å². The van der Waals surface area contributed by atoms with Gasteiger partial charge in [0.2, 0.25) is 0 Å². The highest BCUT2D eigenvalue weighted by atomic mass is 35.5. The molecule has 0 N–H and O–H groups in total. The second-order valence-electron chi connectivity index (χ2n) is 14.0. The van der Waals surface area contributed by atoms with Crippen LogP contribution in [0.5, 0.6) is 0 Å². The maximum atomic E-state index is 13.6. The molecule has 6 rings (SSSR count). The minimum atomic E-state index is -0.709. The van der Waals surface area contributed by atoms with E-state index in [0.717, 1.165) is 32.1 Å². The number of hydrogen-bond acceptors (Lipinski definition) is 6. The Morgan fingerprint density at radius 3 is 1.98 bits per heavy atom. The highest BCUT2D eigenvalue weighted by molar-refractivity contribution is 6.31. The van der Waals surface area contributed by atoms with E-state index in [0.29, 0.717) is 39.9 Å². The topological polar surface area (TPSA) is 78.9 Å². The van der Waals surface area contributed by atoms with Gasteiger partial charge in [0.15, 0.2) is 0 Å². The normalized spacial score (nSPS) is 35.7. The Morgan fingerprint density at radius 2 is 1.41 bits per heavy atom. The molecule has 44 heavy (non-hydrogen) atoms. The SMILES string of the molecule is C=C1C[C@]23C[C@@H]1CC[C@H]2[C@]1(C)CC[C@@H](OC(=O)c2ccc(Cl)cc2)[C@](C)(COC(C)=O)C1C[C@@H]3OC(=O)c1ccc(Cl)cc1. The molecule has 2 aromatic carbocycles. The van der Waals surface area contributed by atoms with Gasteiger partial charge in [-0.05, 0) is 117 Å². The van der Waals surface area contributed by atoms with Crippen LogP contribution in [0.15, 0.2) is 60.7 Å². The van der Waals surface area contributed by atoms with Crippen LogP contribution < -0.4 is 0 Å². The van der Waals surface area contributed by atoms with Gasteiger partial charge in [-0.15, -0.1) is 0 Å². The summed E-state index contributed by atoms with van der Waals surface area (Å²) in [6, 6.07) is 13.4. The first kappa shape index (κ1) is 31.2. The molecule has 4 fully saturated rings. The zero-order valence-corrected chi connectivity index (χ0v) is 27.1. The van der Waals surface area contributed by atoms with Gasteiger partial charge >= 0.3 is 17.9 Å². The zero-order valence-electron chi connectivity index (χ0n) is 25.6. The summed E-state index contributed by atoms with van der Waals surface area (Å²) in [6.45, 7) is 10.4. The lowest BCUT2D eigenvalue weighted by atomic mass is 9.40. The van der Waals surface area contributed by atoms with Crippen molar-refractivity contribution in [1.29, 1.82) is 0 Å². The molecule has 4 aliphatic carbocycles. The molecule has 1 unspecified atom stereocenters. The smallest absolute Gasteiger partial charge is 0.338 e. The number of carbonyl (C=O) groups excluding carboxylic acids is 3. The molecule has 4 aliphatic rings. The lowest BCUT2D eigenvalue weighted by Crippen LogP contribution is -2.66. The first-order valence-electron chi connectivity index (χ1n) is 15.6. The van der Waals surface area contributed by atoms with Gasteiger partial charge in [0.25, 0.3) is 0 Å². The molecular weight excluding hydrogens is 599 g/mol. The molecule has 4 saturated carbocycles. The van der Waals surface area contributed by atoms with Crippen LogP contribution in [0.25, 0.3) is 0 Å². The summed E-state index contributed by atoms with van der Waals surface area (Å²) in [6.07, 6.45) is 5.12. The fourth-order valence-electron chi connectivity index (χ4n) is 9.63. The molecule has 2 aromatic rings. The predicted molar refractivity (Wildman–Crippen MR) is 169 cm³/mol. The van der Waals surface area contributed by atoms with E-state index in [1.165, 1.54) is 12.5 Å². The van der Waals surface area contributed by atoms with E-state index in [-0.39, 0.29) is 47.3 Å². The largest absolute Gasteiger partial charge is 0.465 e. The summed E-state index contributed by atoms with van der Waals surface area (Å²) in [7, 11) is 0. The van der Waals surface area contributed by atoms with Crippen molar-refractivity contribution in [3.8, 4) is 0 Å². The molecule has 0 aliphatic heterocycles. The minimum absolute atomic E-state index is 0.0461. The van der Waals surface area contributed by atoms with Crippen LogP contribution in [0, 0.1) is 34.0 Å². The Labute approximate surface area is 269 Å². The van der Waals surface area contributed by atoms with Crippen molar-refractivity contribution in [2.45, 2.75) is 77.9 Å². The third kappa shape index (κ3) is 5.26. The Bertz CT molecular complexity index is 1470. The third-order valence-corrected chi connectivity index (χ3v) is 12.2. The molecule has 8 heteroatoms. The number of benzene rings is 2. The molecule has 2 bridgehead atoms. The number of hydrogen-bond donors (Lipinski definition) is 0. The van der Waals surface area contributed by atoms with E-state index in [9.17, 15) is 14.4 Å². The van der Waals surface area contributed by atoms with Crippen molar-refractivity contribution < 1.29 is 28.6 Å². The quantitative estimate of drug-likeness (QED) is 0.179. The predicted octanol–water partition coefficient (Wildman–Crippen LogP) is 8.50. The van der Waals surface area contributed by atoms with Gasteiger partial charge < -0.3 is 14.2 Å². The average molecular weight is 640 g/mol. The van der Waals surface area contributed by atoms with Crippen molar-refractivity contribution in [2.75, 3.05) is 6.61 Å². The molecule has 0 amide bonds. The summed E-state index contributed by atoms with van der Waals surface area (Å²) in [5.41, 5.74) is 1.08. The summed E-state index contributed by atoms with van der Waals surface area (Å²) < 4.78 is 18.5. The van der Waals surface area contributed by atoms with E-state index >= 15 is 0 Å². The van der Waals surface area contributed by atoms with Crippen LogP contribution in [0.1, 0.15) is 86.4 Å². The lowest BCUT2D eigenvalue weighted by molar-refractivity contribution is -0.232. The number of ether oxygens (including phenoxy) is 3. The van der Waals surface area contributed by atoms with Crippen LogP contribution in [0.3, 0.4) is 0 Å².